The highest BCUT2D eigenvalue weighted by Crippen LogP contribution is 2.36. The average molecular weight is 854 g/mol. The van der Waals surface area contributed by atoms with Crippen molar-refractivity contribution in [1.82, 2.24) is 5.32 Å². The third kappa shape index (κ3) is 9.75. The zero-order valence-corrected chi connectivity index (χ0v) is 31.1. The molecule has 0 unspecified atom stereocenters. The van der Waals surface area contributed by atoms with E-state index in [-0.39, 0.29) is 0 Å². The zero-order valence-electron chi connectivity index (χ0n) is 31.1. The van der Waals surface area contributed by atoms with Crippen LogP contribution < -0.4 is 5.32 Å². The van der Waals surface area contributed by atoms with Crippen molar-refractivity contribution in [1.29, 1.82) is 0 Å². The molecule has 338 valence electrons. The highest BCUT2D eigenvalue weighted by molar-refractivity contribution is 5.73. The summed E-state index contributed by atoms with van der Waals surface area (Å²) in [4.78, 5) is 12.8. The van der Waals surface area contributed by atoms with Crippen LogP contribution in [0.15, 0.2) is 0 Å². The van der Waals surface area contributed by atoms with Crippen molar-refractivity contribution in [3.8, 4) is 0 Å². The van der Waals surface area contributed by atoms with Gasteiger partial charge in [-0.25, -0.2) is 0 Å². The van der Waals surface area contributed by atoms with Crippen LogP contribution in [0.5, 0.6) is 0 Å². The van der Waals surface area contributed by atoms with Gasteiger partial charge in [-0.1, -0.05) is 0 Å². The lowest BCUT2D eigenvalue weighted by atomic mass is 9.93. The van der Waals surface area contributed by atoms with Gasteiger partial charge in [0.2, 0.25) is 5.91 Å². The van der Waals surface area contributed by atoms with Crippen LogP contribution in [-0.2, 0) is 47.4 Å². The van der Waals surface area contributed by atoms with Crippen molar-refractivity contribution in [3.63, 3.8) is 0 Å². The minimum Gasteiger partial charge on any atom is -0.394 e. The molecule has 5 aliphatic heterocycles. The summed E-state index contributed by atoms with van der Waals surface area (Å²) >= 11 is 0. The second kappa shape index (κ2) is 20.1. The number of amides is 1. The predicted molar refractivity (Wildman–Crippen MR) is 177 cm³/mol. The number of rotatable bonds is 13. The monoisotopic (exact) mass is 853 g/mol. The Morgan fingerprint density at radius 2 is 0.897 bits per heavy atom. The van der Waals surface area contributed by atoms with Crippen molar-refractivity contribution < 1.29 is 124 Å². The summed E-state index contributed by atoms with van der Waals surface area (Å²) in [6.45, 7) is -1.36. The summed E-state index contributed by atoms with van der Waals surface area (Å²) < 4.78 is 51.4. The summed E-state index contributed by atoms with van der Waals surface area (Å²) in [6, 6.07) is -1.73. The summed E-state index contributed by atoms with van der Waals surface area (Å²) in [5, 5.41) is 159. The minimum atomic E-state index is -2.12. The average Bonchev–Trinajstić information content (AvgIpc) is 3.19. The first-order valence-electron chi connectivity index (χ1n) is 18.5. The van der Waals surface area contributed by atoms with Gasteiger partial charge in [-0.3, -0.25) is 4.79 Å². The maximum Gasteiger partial charge on any atom is 0.217 e. The Hall–Kier alpha value is -1.49. The molecule has 0 spiro atoms. The molecule has 5 saturated heterocycles. The van der Waals surface area contributed by atoms with E-state index in [4.69, 9.17) is 42.6 Å². The van der Waals surface area contributed by atoms with Crippen LogP contribution in [0.2, 0.25) is 0 Å². The number of carbonyl (C=O) groups is 1. The fraction of sp³-hybridized carbons (Fsp3) is 0.969. The number of aliphatic hydroxyl groups is 15. The smallest absolute Gasteiger partial charge is 0.217 e. The normalized spacial score (nSPS) is 51.6. The molecule has 0 aromatic rings. The summed E-state index contributed by atoms with van der Waals surface area (Å²) in [6.07, 6.45) is -43.6. The van der Waals surface area contributed by atoms with E-state index in [9.17, 15) is 81.4 Å². The van der Waals surface area contributed by atoms with Crippen LogP contribution in [0.4, 0.5) is 0 Å². The van der Waals surface area contributed by atoms with Gasteiger partial charge in [-0.05, 0) is 6.92 Å². The van der Waals surface area contributed by atoms with E-state index >= 15 is 0 Å². The standard InChI is InChI=1S/C32H55NO25/c1-7-14(39)17(42)21(46)30(50-7)57-26-13(33-8(2)38)29(54-12(6-37)25(26)56-31-22(47)18(43)15(40)9(3-34)52-31)58-27-16(41)10(4-35)53-32(23(27)48)55-24-11(5-36)51-28(49)20(45)19(24)44/h7,9-32,34-37,39-49H,3-6H2,1-2H3,(H,33,38)/t7-,9+,10+,11+,12+,13+,14+,15-,16-,17+,18-,19+,20+,21-,22+,23+,24+,25+,26-,27-,28-,29+,30+,31-,32-/m0/s1. The SMILES string of the molecule is CC(=O)N[C@H]1[C@@H](O[C@H]2[C@@H](O)[C@@H](CO)O[C@@H](O[C@H]3[C@H](O)[C@@H](O)[C@@H](O)O[C@@H]3CO)[C@@H]2O)O[C@H](CO)[C@@H](O[C@@H]2O[C@H](CO)[C@H](O)[C@H](O)[C@H]2O)[C@H]1O[C@H]1O[C@@H](C)[C@@H](O)[C@@H](O)[C@@H]1O. The van der Waals surface area contributed by atoms with Gasteiger partial charge in [-0.15, -0.1) is 0 Å². The fourth-order valence-electron chi connectivity index (χ4n) is 7.37. The van der Waals surface area contributed by atoms with Crippen LogP contribution in [-0.4, -0.2) is 262 Å². The Morgan fingerprint density at radius 1 is 0.448 bits per heavy atom. The van der Waals surface area contributed by atoms with E-state index in [1.165, 1.54) is 6.92 Å². The van der Waals surface area contributed by atoms with Gasteiger partial charge in [0.1, 0.15) is 116 Å². The quantitative estimate of drug-likeness (QED) is 0.0818. The maximum atomic E-state index is 12.8. The highest BCUT2D eigenvalue weighted by Gasteiger charge is 2.57. The second-order valence-electron chi connectivity index (χ2n) is 14.7. The minimum absolute atomic E-state index is 0.830. The van der Waals surface area contributed by atoms with Gasteiger partial charge in [0.15, 0.2) is 31.5 Å². The van der Waals surface area contributed by atoms with E-state index in [1.54, 1.807) is 0 Å². The fourth-order valence-corrected chi connectivity index (χ4v) is 7.37. The lowest BCUT2D eigenvalue weighted by Gasteiger charge is -2.51. The Balaban J connectivity index is 1.50. The lowest BCUT2D eigenvalue weighted by molar-refractivity contribution is -0.391. The number of ether oxygens (including phenoxy) is 9. The summed E-state index contributed by atoms with van der Waals surface area (Å²) in [5.41, 5.74) is 0. The van der Waals surface area contributed by atoms with Crippen LogP contribution in [0, 0.1) is 0 Å². The van der Waals surface area contributed by atoms with E-state index in [2.05, 4.69) is 5.32 Å². The molecule has 16 N–H and O–H groups in total. The zero-order chi connectivity index (χ0) is 42.9. The molecule has 0 aromatic heterocycles. The molecule has 0 aromatic carbocycles. The van der Waals surface area contributed by atoms with Gasteiger partial charge in [0.05, 0.1) is 32.5 Å². The molecule has 26 nitrogen and oxygen atoms in total. The third-order valence-corrected chi connectivity index (χ3v) is 10.7. The number of nitrogens with one attached hydrogen (secondary N) is 1. The van der Waals surface area contributed by atoms with Gasteiger partial charge in [0, 0.05) is 6.92 Å². The Labute approximate surface area is 329 Å². The van der Waals surface area contributed by atoms with Gasteiger partial charge < -0.3 is 125 Å². The first-order valence-corrected chi connectivity index (χ1v) is 18.5. The van der Waals surface area contributed by atoms with Gasteiger partial charge >= 0.3 is 0 Å². The molecule has 26 heteroatoms. The van der Waals surface area contributed by atoms with Crippen LogP contribution >= 0.6 is 0 Å². The topological polar surface area (TPSA) is 416 Å². The van der Waals surface area contributed by atoms with Crippen molar-refractivity contribution >= 4 is 5.91 Å². The second-order valence-corrected chi connectivity index (χ2v) is 14.7. The first kappa shape index (κ1) is 47.6. The van der Waals surface area contributed by atoms with Crippen LogP contribution in [0.3, 0.4) is 0 Å². The van der Waals surface area contributed by atoms with E-state index in [1.807, 2.05) is 0 Å². The van der Waals surface area contributed by atoms with Crippen molar-refractivity contribution in [2.24, 2.45) is 0 Å². The number of carbonyl (C=O) groups excluding carboxylic acids is 1. The Bertz CT molecular complexity index is 1300. The molecule has 5 heterocycles. The maximum absolute atomic E-state index is 12.8. The largest absolute Gasteiger partial charge is 0.394 e. The molecule has 25 atom stereocenters. The van der Waals surface area contributed by atoms with Crippen LogP contribution in [0.25, 0.3) is 0 Å². The summed E-state index contributed by atoms with van der Waals surface area (Å²) in [7, 11) is 0. The highest BCUT2D eigenvalue weighted by atomic mass is 16.8. The van der Waals surface area contributed by atoms with Crippen LogP contribution in [0.1, 0.15) is 13.8 Å². The Morgan fingerprint density at radius 3 is 1.47 bits per heavy atom. The molecule has 5 rings (SSSR count). The van der Waals surface area contributed by atoms with Crippen molar-refractivity contribution in [3.05, 3.63) is 0 Å². The van der Waals surface area contributed by atoms with E-state index in [0.717, 1.165) is 6.92 Å². The first-order chi connectivity index (χ1) is 27.4. The van der Waals surface area contributed by atoms with E-state index < -0.39 is 186 Å². The number of hydrogen-bond acceptors (Lipinski definition) is 25. The molecular weight excluding hydrogens is 798 g/mol. The van der Waals surface area contributed by atoms with Gasteiger partial charge in [0.25, 0.3) is 0 Å². The number of hydrogen-bond donors (Lipinski definition) is 16. The molecule has 1 amide bonds. The number of aliphatic hydroxyl groups excluding tert-OH is 15. The molecule has 0 radical (unpaired) electrons. The Kier molecular flexibility index (Phi) is 16.5. The molecule has 0 saturated carbocycles. The molecule has 0 aliphatic carbocycles. The predicted octanol–water partition coefficient (Wildman–Crippen LogP) is -10.8. The molecule has 58 heavy (non-hydrogen) atoms. The van der Waals surface area contributed by atoms with E-state index in [0.29, 0.717) is 0 Å². The van der Waals surface area contributed by atoms with Crippen molar-refractivity contribution in [2.75, 3.05) is 26.4 Å². The molecular formula is C32H55NO25. The van der Waals surface area contributed by atoms with Gasteiger partial charge in [-0.2, -0.15) is 0 Å². The molecule has 5 aliphatic rings. The molecule has 0 bridgehead atoms. The van der Waals surface area contributed by atoms with Crippen molar-refractivity contribution in [2.45, 2.75) is 167 Å². The summed E-state index contributed by atoms with van der Waals surface area (Å²) in [5.74, 6) is -0.830. The lowest BCUT2D eigenvalue weighted by Crippen LogP contribution is -2.71. The third-order valence-electron chi connectivity index (χ3n) is 10.7. The molecule has 5 fully saturated rings.